The van der Waals surface area contributed by atoms with E-state index in [0.29, 0.717) is 5.56 Å². The van der Waals surface area contributed by atoms with Crippen LogP contribution in [0.4, 0.5) is 0 Å². The second kappa shape index (κ2) is 6.32. The number of nitrogens with zero attached hydrogens (tertiary/aromatic N) is 1. The first-order valence-electron chi connectivity index (χ1n) is 6.13. The topological polar surface area (TPSA) is 72.8 Å². The predicted molar refractivity (Wildman–Crippen MR) is 78.4 cm³/mol. The van der Waals surface area contributed by atoms with E-state index in [0.717, 1.165) is 0 Å². The van der Waals surface area contributed by atoms with Crippen molar-refractivity contribution < 1.29 is 17.9 Å². The molecule has 2 rings (SSSR count). The summed E-state index contributed by atoms with van der Waals surface area (Å²) in [5.41, 5.74) is 0.409. The summed E-state index contributed by atoms with van der Waals surface area (Å²) in [7, 11) is -3.94. The quantitative estimate of drug-likeness (QED) is 0.496. The van der Waals surface area contributed by atoms with Crippen LogP contribution in [-0.2, 0) is 19.6 Å². The third kappa shape index (κ3) is 4.00. The van der Waals surface area contributed by atoms with E-state index in [1.165, 1.54) is 19.1 Å². The largest absolute Gasteiger partial charge is 0.406 e. The zero-order valence-electron chi connectivity index (χ0n) is 11.3. The van der Waals surface area contributed by atoms with Crippen LogP contribution in [-0.4, -0.2) is 20.3 Å². The van der Waals surface area contributed by atoms with Crippen molar-refractivity contribution in [3.8, 4) is 0 Å². The smallest absolute Gasteiger partial charge is 0.309 e. The highest BCUT2D eigenvalue weighted by Gasteiger charge is 2.17. The van der Waals surface area contributed by atoms with Crippen molar-refractivity contribution in [2.45, 2.75) is 11.8 Å². The predicted octanol–water partition coefficient (Wildman–Crippen LogP) is 2.39. The minimum absolute atomic E-state index is 0.0329. The van der Waals surface area contributed by atoms with E-state index in [1.54, 1.807) is 48.5 Å². The molecule has 21 heavy (non-hydrogen) atoms. The molecule has 0 aliphatic rings. The van der Waals surface area contributed by atoms with Crippen LogP contribution in [0.1, 0.15) is 12.5 Å². The van der Waals surface area contributed by atoms with Crippen LogP contribution >= 0.6 is 0 Å². The molecule has 0 aromatic heterocycles. The summed E-state index contributed by atoms with van der Waals surface area (Å²) in [4.78, 5) is 11.2. The molecule has 2 aromatic rings. The summed E-state index contributed by atoms with van der Waals surface area (Å²) >= 11 is 0. The maximum Gasteiger partial charge on any atom is 0.309 e. The highest BCUT2D eigenvalue weighted by Crippen LogP contribution is 2.14. The molecule has 0 bridgehead atoms. The van der Waals surface area contributed by atoms with Crippen molar-refractivity contribution in [3.05, 3.63) is 66.2 Å². The molecule has 0 saturated carbocycles. The van der Waals surface area contributed by atoms with Gasteiger partial charge in [-0.1, -0.05) is 36.4 Å². The Morgan fingerprint density at radius 3 is 2.00 bits per heavy atom. The first kappa shape index (κ1) is 14.9. The molecule has 2 aromatic carbocycles. The number of rotatable bonds is 3. The average molecular weight is 303 g/mol. The molecule has 0 aliphatic heterocycles. The van der Waals surface area contributed by atoms with E-state index in [-0.39, 0.29) is 10.8 Å². The molecule has 5 nitrogen and oxygen atoms in total. The van der Waals surface area contributed by atoms with Gasteiger partial charge in [0.25, 0.3) is 10.0 Å². The van der Waals surface area contributed by atoms with E-state index < -0.39 is 16.0 Å². The molecule has 0 heterocycles. The van der Waals surface area contributed by atoms with Crippen LogP contribution in [0.5, 0.6) is 0 Å². The van der Waals surface area contributed by atoms with Gasteiger partial charge in [0.1, 0.15) is 0 Å². The summed E-state index contributed by atoms with van der Waals surface area (Å²) in [5, 5.41) is 0. The molecule has 0 N–H and O–H groups in total. The molecule has 108 valence electrons. The van der Waals surface area contributed by atoms with Gasteiger partial charge in [-0.15, -0.1) is 4.40 Å². The summed E-state index contributed by atoms with van der Waals surface area (Å²) in [6, 6.07) is 16.1. The molecule has 0 aliphatic carbocycles. The number of hydrogen-bond donors (Lipinski definition) is 0. The summed E-state index contributed by atoms with van der Waals surface area (Å²) in [6.45, 7) is 1.19. The number of esters is 1. The lowest BCUT2D eigenvalue weighted by atomic mass is 10.2. The van der Waals surface area contributed by atoms with E-state index in [4.69, 9.17) is 4.74 Å². The molecule has 0 atom stereocenters. The van der Waals surface area contributed by atoms with Gasteiger partial charge in [-0.2, -0.15) is 8.42 Å². The Hall–Kier alpha value is -2.47. The van der Waals surface area contributed by atoms with Gasteiger partial charge in [0.15, 0.2) is 0 Å². The normalized spacial score (nSPS) is 12.0. The molecular weight excluding hydrogens is 290 g/mol. The number of carbonyl (C=O) groups excluding carboxylic acids is 1. The van der Waals surface area contributed by atoms with Crippen LogP contribution in [0.3, 0.4) is 0 Å². The van der Waals surface area contributed by atoms with Crippen LogP contribution in [0.25, 0.3) is 0 Å². The minimum atomic E-state index is -3.94. The monoisotopic (exact) mass is 303 g/mol. The highest BCUT2D eigenvalue weighted by molar-refractivity contribution is 7.90. The lowest BCUT2D eigenvalue weighted by Crippen LogP contribution is -2.13. The molecule has 0 saturated heterocycles. The van der Waals surface area contributed by atoms with Gasteiger partial charge in [0, 0.05) is 12.5 Å². The Kier molecular flexibility index (Phi) is 4.49. The van der Waals surface area contributed by atoms with Crippen molar-refractivity contribution in [1.29, 1.82) is 0 Å². The fourth-order valence-electron chi connectivity index (χ4n) is 1.60. The lowest BCUT2D eigenvalue weighted by molar-refractivity contribution is -0.132. The fraction of sp³-hybridized carbons (Fsp3) is 0.0667. The molecule has 0 unspecified atom stereocenters. The van der Waals surface area contributed by atoms with Gasteiger partial charge in [-0.3, -0.25) is 4.79 Å². The summed E-state index contributed by atoms with van der Waals surface area (Å²) in [6.07, 6.45) is 0. The van der Waals surface area contributed by atoms with E-state index in [9.17, 15) is 13.2 Å². The molecule has 0 amide bonds. The zero-order valence-corrected chi connectivity index (χ0v) is 12.1. The van der Waals surface area contributed by atoms with Crippen molar-refractivity contribution >= 4 is 21.9 Å². The van der Waals surface area contributed by atoms with E-state index >= 15 is 0 Å². The fourth-order valence-corrected chi connectivity index (χ4v) is 2.57. The lowest BCUT2D eigenvalue weighted by Gasteiger charge is -2.06. The molecule has 0 fully saturated rings. The van der Waals surface area contributed by atoms with Crippen molar-refractivity contribution in [1.82, 2.24) is 0 Å². The third-order valence-corrected chi connectivity index (χ3v) is 3.78. The third-order valence-electron chi connectivity index (χ3n) is 2.51. The SMILES string of the molecule is CC(=O)O/C(=N/S(=O)(=O)c1ccccc1)c1ccccc1. The van der Waals surface area contributed by atoms with Gasteiger partial charge in [0.2, 0.25) is 5.90 Å². The standard InChI is InChI=1S/C15H13NO4S/c1-12(17)20-15(13-8-4-2-5-9-13)16-21(18,19)14-10-6-3-7-11-14/h2-11H,1H3/b16-15+. The average Bonchev–Trinajstić information content (AvgIpc) is 2.48. The number of ether oxygens (including phenoxy) is 1. The summed E-state index contributed by atoms with van der Waals surface area (Å²) in [5.74, 6) is -0.882. The van der Waals surface area contributed by atoms with Crippen LogP contribution in [0.15, 0.2) is 70.0 Å². The highest BCUT2D eigenvalue weighted by atomic mass is 32.2. The number of benzene rings is 2. The van der Waals surface area contributed by atoms with Gasteiger partial charge in [-0.25, -0.2) is 0 Å². The Bertz CT molecular complexity index is 753. The number of hydrogen-bond acceptors (Lipinski definition) is 4. The van der Waals surface area contributed by atoms with Crippen LogP contribution in [0, 0.1) is 0 Å². The molecule has 6 heteroatoms. The maximum absolute atomic E-state index is 12.2. The van der Waals surface area contributed by atoms with Crippen LogP contribution in [0.2, 0.25) is 0 Å². The number of carbonyl (C=O) groups is 1. The molecular formula is C15H13NO4S. The second-order valence-electron chi connectivity index (χ2n) is 4.14. The number of sulfonamides is 1. The van der Waals surface area contributed by atoms with Gasteiger partial charge < -0.3 is 4.74 Å². The van der Waals surface area contributed by atoms with Crippen molar-refractivity contribution in [2.75, 3.05) is 0 Å². The van der Waals surface area contributed by atoms with E-state index in [2.05, 4.69) is 4.40 Å². The minimum Gasteiger partial charge on any atom is -0.406 e. The first-order valence-corrected chi connectivity index (χ1v) is 7.57. The van der Waals surface area contributed by atoms with Gasteiger partial charge >= 0.3 is 5.97 Å². The van der Waals surface area contributed by atoms with E-state index in [1.807, 2.05) is 0 Å². The van der Waals surface area contributed by atoms with Crippen molar-refractivity contribution in [2.24, 2.45) is 4.40 Å². The van der Waals surface area contributed by atoms with Gasteiger partial charge in [0.05, 0.1) is 4.90 Å². The Morgan fingerprint density at radius 2 is 1.48 bits per heavy atom. The zero-order chi connectivity index (χ0) is 15.3. The van der Waals surface area contributed by atoms with Crippen molar-refractivity contribution in [3.63, 3.8) is 0 Å². The first-order chi connectivity index (χ1) is 9.99. The van der Waals surface area contributed by atoms with Gasteiger partial charge in [-0.05, 0) is 24.3 Å². The maximum atomic E-state index is 12.2. The second-order valence-corrected chi connectivity index (χ2v) is 5.75. The Morgan fingerprint density at radius 1 is 0.952 bits per heavy atom. The van der Waals surface area contributed by atoms with Crippen LogP contribution < -0.4 is 0 Å². The molecule has 0 radical (unpaired) electrons. The summed E-state index contributed by atoms with van der Waals surface area (Å²) < 4.78 is 33.0. The molecule has 0 spiro atoms. The Labute approximate surface area is 123 Å². The Balaban J connectivity index is 2.48.